The molecule has 1 saturated heterocycles. The van der Waals surface area contributed by atoms with Gasteiger partial charge < -0.3 is 5.73 Å². The van der Waals surface area contributed by atoms with E-state index in [-0.39, 0.29) is 0 Å². The molecule has 0 bridgehead atoms. The SMILES string of the molecule is CC1SCCN(CC2CC(C)(C)CCC2N)C1C. The third kappa shape index (κ3) is 3.43. The van der Waals surface area contributed by atoms with Crippen LogP contribution in [0.1, 0.15) is 47.0 Å². The number of hydrogen-bond donors (Lipinski definition) is 1. The molecular weight excluding hydrogens is 240 g/mol. The fourth-order valence-corrected chi connectivity index (χ4v) is 4.67. The molecule has 2 nitrogen and oxygen atoms in total. The summed E-state index contributed by atoms with van der Waals surface area (Å²) in [5, 5.41) is 0.770. The summed E-state index contributed by atoms with van der Waals surface area (Å²) >= 11 is 2.12. The molecule has 106 valence electrons. The molecule has 2 rings (SSSR count). The molecule has 3 heteroatoms. The van der Waals surface area contributed by atoms with Gasteiger partial charge in [0.1, 0.15) is 0 Å². The Labute approximate surface area is 117 Å². The lowest BCUT2D eigenvalue weighted by atomic mass is 9.70. The van der Waals surface area contributed by atoms with Gasteiger partial charge in [0.2, 0.25) is 0 Å². The van der Waals surface area contributed by atoms with E-state index < -0.39 is 0 Å². The zero-order valence-electron chi connectivity index (χ0n) is 12.5. The van der Waals surface area contributed by atoms with E-state index in [1.54, 1.807) is 0 Å². The molecule has 2 N–H and O–H groups in total. The topological polar surface area (TPSA) is 29.3 Å². The minimum absolute atomic E-state index is 0.426. The lowest BCUT2D eigenvalue weighted by Gasteiger charge is -2.44. The molecule has 2 aliphatic rings. The molecule has 1 aliphatic carbocycles. The highest BCUT2D eigenvalue weighted by atomic mass is 32.2. The smallest absolute Gasteiger partial charge is 0.0184 e. The summed E-state index contributed by atoms with van der Waals surface area (Å²) in [4.78, 5) is 2.69. The molecule has 0 aromatic rings. The van der Waals surface area contributed by atoms with E-state index in [4.69, 9.17) is 5.73 Å². The van der Waals surface area contributed by atoms with E-state index in [0.717, 1.165) is 5.25 Å². The highest BCUT2D eigenvalue weighted by Gasteiger charge is 2.35. The van der Waals surface area contributed by atoms with Crippen LogP contribution in [0.15, 0.2) is 0 Å². The molecular formula is C15H30N2S. The van der Waals surface area contributed by atoms with Crippen molar-refractivity contribution in [2.45, 2.75) is 64.3 Å². The van der Waals surface area contributed by atoms with Gasteiger partial charge in [0.25, 0.3) is 0 Å². The molecule has 2 fully saturated rings. The third-order valence-electron chi connectivity index (χ3n) is 5.06. The zero-order valence-corrected chi connectivity index (χ0v) is 13.3. The van der Waals surface area contributed by atoms with Gasteiger partial charge in [-0.1, -0.05) is 20.8 Å². The highest BCUT2D eigenvalue weighted by molar-refractivity contribution is 8.00. The highest BCUT2D eigenvalue weighted by Crippen LogP contribution is 2.39. The van der Waals surface area contributed by atoms with Crippen LogP contribution in [-0.2, 0) is 0 Å². The van der Waals surface area contributed by atoms with E-state index in [1.807, 2.05) is 0 Å². The maximum absolute atomic E-state index is 6.37. The van der Waals surface area contributed by atoms with Gasteiger partial charge in [-0.2, -0.15) is 11.8 Å². The fraction of sp³-hybridized carbons (Fsp3) is 1.00. The van der Waals surface area contributed by atoms with E-state index in [9.17, 15) is 0 Å². The van der Waals surface area contributed by atoms with Crippen molar-refractivity contribution >= 4 is 11.8 Å². The van der Waals surface area contributed by atoms with Crippen molar-refractivity contribution in [3.8, 4) is 0 Å². The average molecular weight is 270 g/mol. The van der Waals surface area contributed by atoms with Crippen molar-refractivity contribution in [1.82, 2.24) is 4.90 Å². The summed E-state index contributed by atoms with van der Waals surface area (Å²) in [6.45, 7) is 12.0. The van der Waals surface area contributed by atoms with Gasteiger partial charge >= 0.3 is 0 Å². The minimum atomic E-state index is 0.426. The Morgan fingerprint density at radius 2 is 2.06 bits per heavy atom. The second kappa shape index (κ2) is 5.72. The van der Waals surface area contributed by atoms with Gasteiger partial charge in [0.15, 0.2) is 0 Å². The summed E-state index contributed by atoms with van der Waals surface area (Å²) in [6.07, 6.45) is 3.82. The molecule has 4 unspecified atom stereocenters. The first kappa shape index (κ1) is 14.7. The Hall–Kier alpha value is 0.270. The Kier molecular flexibility index (Phi) is 4.66. The van der Waals surface area contributed by atoms with Crippen molar-refractivity contribution in [2.24, 2.45) is 17.1 Å². The van der Waals surface area contributed by atoms with Crippen LogP contribution in [-0.4, -0.2) is 41.1 Å². The molecule has 1 heterocycles. The second-order valence-electron chi connectivity index (χ2n) is 7.14. The van der Waals surface area contributed by atoms with Crippen molar-refractivity contribution in [3.63, 3.8) is 0 Å². The maximum Gasteiger partial charge on any atom is 0.0184 e. The molecule has 18 heavy (non-hydrogen) atoms. The van der Waals surface area contributed by atoms with Gasteiger partial charge in [-0.3, -0.25) is 4.90 Å². The van der Waals surface area contributed by atoms with Crippen LogP contribution in [0.2, 0.25) is 0 Å². The Balaban J connectivity index is 1.94. The Morgan fingerprint density at radius 1 is 1.33 bits per heavy atom. The standard InChI is InChI=1S/C15H30N2S/c1-11-12(2)18-8-7-17(11)10-13-9-15(3,4)6-5-14(13)16/h11-14H,5-10,16H2,1-4H3. The Bertz CT molecular complexity index is 280. The number of hydrogen-bond acceptors (Lipinski definition) is 3. The van der Waals surface area contributed by atoms with Gasteiger partial charge in [-0.15, -0.1) is 0 Å². The molecule has 0 amide bonds. The third-order valence-corrected chi connectivity index (χ3v) is 6.40. The Morgan fingerprint density at radius 3 is 2.78 bits per heavy atom. The molecule has 1 aliphatic heterocycles. The monoisotopic (exact) mass is 270 g/mol. The zero-order chi connectivity index (χ0) is 13.3. The first-order valence-electron chi connectivity index (χ1n) is 7.50. The van der Waals surface area contributed by atoms with Gasteiger partial charge in [-0.05, 0) is 37.5 Å². The maximum atomic E-state index is 6.37. The van der Waals surface area contributed by atoms with Gasteiger partial charge in [0, 0.05) is 36.2 Å². The van der Waals surface area contributed by atoms with Crippen LogP contribution >= 0.6 is 11.8 Å². The molecule has 0 radical (unpaired) electrons. The van der Waals surface area contributed by atoms with Crippen LogP contribution in [0.3, 0.4) is 0 Å². The van der Waals surface area contributed by atoms with Gasteiger partial charge in [-0.25, -0.2) is 0 Å². The normalized spacial score (nSPS) is 41.8. The quantitative estimate of drug-likeness (QED) is 0.836. The molecule has 1 saturated carbocycles. The largest absolute Gasteiger partial charge is 0.327 e. The summed E-state index contributed by atoms with van der Waals surface area (Å²) in [7, 11) is 0. The lowest BCUT2D eigenvalue weighted by molar-refractivity contribution is 0.0982. The van der Waals surface area contributed by atoms with E-state index >= 15 is 0 Å². The van der Waals surface area contributed by atoms with Crippen molar-refractivity contribution in [2.75, 3.05) is 18.8 Å². The first-order valence-corrected chi connectivity index (χ1v) is 8.55. The number of rotatable bonds is 2. The van der Waals surface area contributed by atoms with E-state index in [1.165, 1.54) is 38.1 Å². The number of nitrogens with two attached hydrogens (primary N) is 1. The van der Waals surface area contributed by atoms with Crippen LogP contribution in [0, 0.1) is 11.3 Å². The average Bonchev–Trinajstić information content (AvgIpc) is 2.29. The lowest BCUT2D eigenvalue weighted by Crippen LogP contribution is -2.51. The predicted octanol–water partition coefficient (Wildman–Crippen LogP) is 2.97. The minimum Gasteiger partial charge on any atom is -0.327 e. The number of nitrogens with zero attached hydrogens (tertiary/aromatic N) is 1. The fourth-order valence-electron chi connectivity index (χ4n) is 3.51. The number of thioether (sulfide) groups is 1. The summed E-state index contributed by atoms with van der Waals surface area (Å²) < 4.78 is 0. The summed E-state index contributed by atoms with van der Waals surface area (Å²) in [6, 6.07) is 1.14. The van der Waals surface area contributed by atoms with Crippen LogP contribution in [0.25, 0.3) is 0 Å². The molecule has 0 aromatic carbocycles. The van der Waals surface area contributed by atoms with E-state index in [2.05, 4.69) is 44.4 Å². The van der Waals surface area contributed by atoms with Crippen LogP contribution in [0.5, 0.6) is 0 Å². The van der Waals surface area contributed by atoms with Crippen molar-refractivity contribution in [1.29, 1.82) is 0 Å². The van der Waals surface area contributed by atoms with Crippen molar-refractivity contribution < 1.29 is 0 Å². The summed E-state index contributed by atoms with van der Waals surface area (Å²) in [5.41, 5.74) is 6.87. The summed E-state index contributed by atoms with van der Waals surface area (Å²) in [5.74, 6) is 1.99. The van der Waals surface area contributed by atoms with Gasteiger partial charge in [0.05, 0.1) is 0 Å². The van der Waals surface area contributed by atoms with E-state index in [0.29, 0.717) is 23.4 Å². The van der Waals surface area contributed by atoms with Crippen molar-refractivity contribution in [3.05, 3.63) is 0 Å². The molecule has 4 atom stereocenters. The first-order chi connectivity index (χ1) is 8.39. The molecule has 0 aromatic heterocycles. The predicted molar refractivity (Wildman–Crippen MR) is 82.1 cm³/mol. The molecule has 0 spiro atoms. The van der Waals surface area contributed by atoms with Crippen LogP contribution in [0.4, 0.5) is 0 Å². The second-order valence-corrected chi connectivity index (χ2v) is 8.63. The van der Waals surface area contributed by atoms with Crippen LogP contribution < -0.4 is 5.73 Å².